The van der Waals surface area contributed by atoms with Crippen LogP contribution < -0.4 is 10.6 Å². The predicted molar refractivity (Wildman–Crippen MR) is 156 cm³/mol. The smallest absolute Gasteiger partial charge is 0.407 e. The Morgan fingerprint density at radius 2 is 1.33 bits per heavy atom. The van der Waals surface area contributed by atoms with E-state index in [1.165, 1.54) is 0 Å². The highest BCUT2D eigenvalue weighted by Gasteiger charge is 2.49. The largest absolute Gasteiger partial charge is 0.465 e. The summed E-state index contributed by atoms with van der Waals surface area (Å²) in [7, 11) is 0. The van der Waals surface area contributed by atoms with Crippen molar-refractivity contribution >= 4 is 23.6 Å². The first kappa shape index (κ1) is 29.4. The maximum Gasteiger partial charge on any atom is 0.407 e. The van der Waals surface area contributed by atoms with Crippen molar-refractivity contribution in [2.75, 3.05) is 18.4 Å². The van der Waals surface area contributed by atoms with Gasteiger partial charge in [-0.1, -0.05) is 78.9 Å². The van der Waals surface area contributed by atoms with Crippen LogP contribution in [0.15, 0.2) is 103 Å². The van der Waals surface area contributed by atoms with Crippen LogP contribution >= 0.6 is 0 Å². The fraction of sp³-hybridized carbons (Fsp3) is 0.182. The summed E-state index contributed by atoms with van der Waals surface area (Å²) in [5.41, 5.74) is 2.61. The average molecular weight is 588 g/mol. The number of amides is 3. The van der Waals surface area contributed by atoms with Crippen molar-refractivity contribution in [3.63, 3.8) is 0 Å². The molecule has 43 heavy (non-hydrogen) atoms. The summed E-state index contributed by atoms with van der Waals surface area (Å²) in [6, 6.07) is 29.4. The third kappa shape index (κ3) is 6.23. The number of hydrogen-bond acceptors (Lipinski definition) is 3. The van der Waals surface area contributed by atoms with Crippen LogP contribution in [0.25, 0.3) is 11.1 Å². The van der Waals surface area contributed by atoms with Gasteiger partial charge in [0.1, 0.15) is 12.0 Å². The molecule has 4 aromatic carbocycles. The standard InChI is InChI=1S/C33H28F3N3O4/c34-33(35,36)21-37-30(41)32(27-12-6-4-10-25(27)26-11-5-7-13-28(26)32)18-19-39(31(42)43)20-22-14-16-24(17-15-22)38-29(40)23-8-2-1-3-9-23/h1-17H,18-21H2,(H,37,41)(H,38,40)(H,42,43). The summed E-state index contributed by atoms with van der Waals surface area (Å²) in [4.78, 5) is 39.6. The van der Waals surface area contributed by atoms with Gasteiger partial charge in [-0.3, -0.25) is 9.59 Å². The van der Waals surface area contributed by atoms with E-state index in [0.717, 1.165) is 16.0 Å². The SMILES string of the molecule is O=C(Nc1ccc(CN(CCC2(C(=O)NCC(F)(F)F)c3ccccc3-c3ccccc32)C(=O)O)cc1)c1ccccc1. The molecule has 0 unspecified atom stereocenters. The van der Waals surface area contributed by atoms with Gasteiger partial charge in [0, 0.05) is 24.3 Å². The molecule has 0 heterocycles. The number of fused-ring (bicyclic) bond motifs is 3. The Balaban J connectivity index is 1.38. The van der Waals surface area contributed by atoms with Gasteiger partial charge in [-0.15, -0.1) is 0 Å². The summed E-state index contributed by atoms with van der Waals surface area (Å²) < 4.78 is 39.4. The second-order valence-corrected chi connectivity index (χ2v) is 10.3. The molecule has 4 aromatic rings. The van der Waals surface area contributed by atoms with E-state index in [-0.39, 0.29) is 25.4 Å². The van der Waals surface area contributed by atoms with Crippen LogP contribution in [0.3, 0.4) is 0 Å². The molecule has 1 aliphatic rings. The van der Waals surface area contributed by atoms with E-state index < -0.39 is 30.1 Å². The van der Waals surface area contributed by atoms with E-state index in [4.69, 9.17) is 0 Å². The Morgan fingerprint density at radius 1 is 0.767 bits per heavy atom. The molecular formula is C33H28F3N3O4. The Bertz CT molecular complexity index is 1590. The van der Waals surface area contributed by atoms with Gasteiger partial charge < -0.3 is 20.6 Å². The van der Waals surface area contributed by atoms with Crippen LogP contribution in [0.4, 0.5) is 23.7 Å². The number of carbonyl (C=O) groups excluding carboxylic acids is 2. The first-order chi connectivity index (χ1) is 20.6. The summed E-state index contributed by atoms with van der Waals surface area (Å²) in [6.45, 7) is -1.68. The number of carboxylic acid groups (broad SMARTS) is 1. The Kier molecular flexibility index (Phi) is 8.20. The minimum Gasteiger partial charge on any atom is -0.465 e. The van der Waals surface area contributed by atoms with E-state index in [2.05, 4.69) is 10.6 Å². The molecule has 0 fully saturated rings. The topological polar surface area (TPSA) is 98.7 Å². The molecule has 5 rings (SSSR count). The third-order valence-corrected chi connectivity index (χ3v) is 7.55. The van der Waals surface area contributed by atoms with Crippen LogP contribution in [-0.2, 0) is 16.8 Å². The van der Waals surface area contributed by atoms with E-state index in [0.29, 0.717) is 27.9 Å². The molecule has 3 amide bonds. The van der Waals surface area contributed by atoms with E-state index in [9.17, 15) is 32.7 Å². The molecule has 0 aromatic heterocycles. The Morgan fingerprint density at radius 3 is 1.88 bits per heavy atom. The number of hydrogen-bond donors (Lipinski definition) is 3. The van der Waals surface area contributed by atoms with Crippen molar-refractivity contribution in [2.24, 2.45) is 0 Å². The van der Waals surface area contributed by atoms with Gasteiger partial charge in [0.2, 0.25) is 5.91 Å². The highest BCUT2D eigenvalue weighted by molar-refractivity contribution is 6.04. The number of carbonyl (C=O) groups is 3. The monoisotopic (exact) mass is 587 g/mol. The normalized spacial score (nSPS) is 13.0. The van der Waals surface area contributed by atoms with Crippen LogP contribution in [-0.4, -0.2) is 47.2 Å². The minimum absolute atomic E-state index is 0.0359. The van der Waals surface area contributed by atoms with Gasteiger partial charge in [-0.2, -0.15) is 13.2 Å². The second kappa shape index (κ2) is 12.0. The molecule has 0 atom stereocenters. The number of benzene rings is 4. The number of alkyl halides is 3. The Labute approximate surface area is 246 Å². The van der Waals surface area contributed by atoms with Crippen LogP contribution in [0.2, 0.25) is 0 Å². The zero-order valence-corrected chi connectivity index (χ0v) is 22.9. The van der Waals surface area contributed by atoms with E-state index >= 15 is 0 Å². The van der Waals surface area contributed by atoms with Crippen molar-refractivity contribution in [3.8, 4) is 11.1 Å². The number of halogens is 3. The molecular weight excluding hydrogens is 559 g/mol. The quantitative estimate of drug-likeness (QED) is 0.210. The zero-order chi connectivity index (χ0) is 30.6. The molecule has 0 bridgehead atoms. The lowest BCUT2D eigenvalue weighted by Gasteiger charge is -2.33. The third-order valence-electron chi connectivity index (χ3n) is 7.55. The van der Waals surface area contributed by atoms with E-state index in [1.807, 2.05) is 0 Å². The van der Waals surface area contributed by atoms with Crippen molar-refractivity contribution in [2.45, 2.75) is 24.6 Å². The first-order valence-electron chi connectivity index (χ1n) is 13.6. The maximum absolute atomic E-state index is 13.7. The summed E-state index contributed by atoms with van der Waals surface area (Å²) in [5, 5.41) is 14.9. The van der Waals surface area contributed by atoms with Crippen molar-refractivity contribution in [1.82, 2.24) is 10.2 Å². The van der Waals surface area contributed by atoms with Crippen LogP contribution in [0.1, 0.15) is 33.5 Å². The predicted octanol–water partition coefficient (Wildman–Crippen LogP) is 6.45. The molecule has 220 valence electrons. The van der Waals surface area contributed by atoms with Crippen molar-refractivity contribution < 1.29 is 32.7 Å². The fourth-order valence-corrected chi connectivity index (χ4v) is 5.54. The van der Waals surface area contributed by atoms with E-state index in [1.54, 1.807) is 103 Å². The van der Waals surface area contributed by atoms with Gasteiger partial charge in [-0.25, -0.2) is 4.79 Å². The molecule has 0 saturated heterocycles. The molecule has 1 aliphatic carbocycles. The van der Waals surface area contributed by atoms with Crippen molar-refractivity contribution in [3.05, 3.63) is 125 Å². The number of nitrogens with one attached hydrogen (secondary N) is 2. The lowest BCUT2D eigenvalue weighted by atomic mass is 9.74. The number of rotatable bonds is 9. The molecule has 0 radical (unpaired) electrons. The van der Waals surface area contributed by atoms with Gasteiger partial charge in [0.15, 0.2) is 0 Å². The molecule has 0 spiro atoms. The van der Waals surface area contributed by atoms with Gasteiger partial charge in [0.05, 0.1) is 0 Å². The van der Waals surface area contributed by atoms with Crippen molar-refractivity contribution in [1.29, 1.82) is 0 Å². The molecule has 7 nitrogen and oxygen atoms in total. The first-order valence-corrected chi connectivity index (χ1v) is 13.6. The van der Waals surface area contributed by atoms with Crippen LogP contribution in [0, 0.1) is 0 Å². The Hall–Kier alpha value is -5.12. The molecule has 0 aliphatic heterocycles. The number of nitrogens with zero attached hydrogens (tertiary/aromatic N) is 1. The highest BCUT2D eigenvalue weighted by atomic mass is 19.4. The van der Waals surface area contributed by atoms with Crippen LogP contribution in [0.5, 0.6) is 0 Å². The fourth-order valence-electron chi connectivity index (χ4n) is 5.54. The summed E-state index contributed by atoms with van der Waals surface area (Å²) in [6.07, 6.45) is -5.94. The number of anilines is 1. The average Bonchev–Trinajstić information content (AvgIpc) is 3.29. The molecule has 10 heteroatoms. The molecule has 3 N–H and O–H groups in total. The summed E-state index contributed by atoms with van der Waals surface area (Å²) in [5.74, 6) is -1.13. The zero-order valence-electron chi connectivity index (χ0n) is 22.9. The van der Waals surface area contributed by atoms with Gasteiger partial charge in [0.25, 0.3) is 5.91 Å². The lowest BCUT2D eigenvalue weighted by Crippen LogP contribution is -2.49. The highest BCUT2D eigenvalue weighted by Crippen LogP contribution is 2.51. The molecule has 0 saturated carbocycles. The lowest BCUT2D eigenvalue weighted by molar-refractivity contribution is -0.141. The maximum atomic E-state index is 13.7. The van der Waals surface area contributed by atoms with Gasteiger partial charge >= 0.3 is 12.3 Å². The second-order valence-electron chi connectivity index (χ2n) is 10.3. The summed E-state index contributed by atoms with van der Waals surface area (Å²) >= 11 is 0. The minimum atomic E-state index is -4.62. The van der Waals surface area contributed by atoms with Gasteiger partial charge in [-0.05, 0) is 58.5 Å².